The Morgan fingerprint density at radius 3 is 2.48 bits per heavy atom. The number of hydrogen-bond acceptors (Lipinski definition) is 6. The molecule has 1 aliphatic heterocycles. The first kappa shape index (κ1) is 16.7. The van der Waals surface area contributed by atoms with E-state index in [1.54, 1.807) is 0 Å². The van der Waals surface area contributed by atoms with E-state index in [9.17, 15) is 0 Å². The second-order valence-electron chi connectivity index (χ2n) is 6.19. The van der Waals surface area contributed by atoms with Gasteiger partial charge >= 0.3 is 0 Å². The molecular weight excluding hydrogens is 300 g/mol. The molecule has 1 unspecified atom stereocenters. The molecule has 0 amide bonds. The molecule has 0 aromatic carbocycles. The van der Waals surface area contributed by atoms with Crippen LogP contribution in [0.15, 0.2) is 6.07 Å². The molecule has 0 aliphatic carbocycles. The van der Waals surface area contributed by atoms with Gasteiger partial charge in [-0.15, -0.1) is 0 Å². The molecule has 0 radical (unpaired) electrons. The Hall–Kier alpha value is -0.620. The fourth-order valence-corrected chi connectivity index (χ4v) is 4.63. The van der Waals surface area contributed by atoms with E-state index in [0.29, 0.717) is 5.25 Å². The van der Waals surface area contributed by atoms with Crippen LogP contribution in [0.25, 0.3) is 0 Å². The summed E-state index contributed by atoms with van der Waals surface area (Å²) in [6.07, 6.45) is 0. The molecule has 2 N–H and O–H groups in total. The Morgan fingerprint density at radius 2 is 1.90 bits per heavy atom. The zero-order valence-corrected chi connectivity index (χ0v) is 15.0. The minimum Gasteiger partial charge on any atom is -0.370 e. The Morgan fingerprint density at radius 1 is 1.19 bits per heavy atom. The molecule has 4 nitrogen and oxygen atoms in total. The van der Waals surface area contributed by atoms with Crippen LogP contribution in [0.1, 0.15) is 33.5 Å². The first-order valence-corrected chi connectivity index (χ1v) is 9.76. The predicted octanol–water partition coefficient (Wildman–Crippen LogP) is 3.47. The summed E-state index contributed by atoms with van der Waals surface area (Å²) < 4.78 is 0. The van der Waals surface area contributed by atoms with Crippen LogP contribution in [-0.2, 0) is 5.41 Å². The van der Waals surface area contributed by atoms with Crippen LogP contribution in [-0.4, -0.2) is 45.6 Å². The summed E-state index contributed by atoms with van der Waals surface area (Å²) in [5, 5.41) is 7.48. The van der Waals surface area contributed by atoms with Crippen LogP contribution >= 0.6 is 23.5 Å². The summed E-state index contributed by atoms with van der Waals surface area (Å²) in [6, 6.07) is 2.01. The molecular formula is C15H26N4S2. The smallest absolute Gasteiger partial charge is 0.138 e. The third-order valence-corrected chi connectivity index (χ3v) is 6.00. The van der Waals surface area contributed by atoms with Crippen molar-refractivity contribution in [1.29, 1.82) is 0 Å². The van der Waals surface area contributed by atoms with E-state index in [-0.39, 0.29) is 5.41 Å². The molecule has 1 fully saturated rings. The number of nitrogens with zero attached hydrogens (tertiary/aromatic N) is 2. The molecule has 1 atom stereocenters. The van der Waals surface area contributed by atoms with Crippen molar-refractivity contribution in [2.45, 2.75) is 38.4 Å². The summed E-state index contributed by atoms with van der Waals surface area (Å²) in [5.74, 6) is 6.50. The molecule has 1 aliphatic rings. The predicted molar refractivity (Wildman–Crippen MR) is 97.0 cm³/mol. The van der Waals surface area contributed by atoms with E-state index in [1.807, 2.05) is 6.07 Å². The molecule has 1 saturated heterocycles. The van der Waals surface area contributed by atoms with Crippen LogP contribution in [0, 0.1) is 0 Å². The van der Waals surface area contributed by atoms with Gasteiger partial charge in [0.05, 0.1) is 0 Å². The summed E-state index contributed by atoms with van der Waals surface area (Å²) in [6.45, 7) is 10.4. The highest BCUT2D eigenvalue weighted by Gasteiger charge is 2.20. The van der Waals surface area contributed by atoms with Crippen LogP contribution in [0.3, 0.4) is 0 Å². The van der Waals surface area contributed by atoms with Crippen LogP contribution in [0.5, 0.6) is 0 Å². The lowest BCUT2D eigenvalue weighted by molar-refractivity contribution is 0.546. The average Bonchev–Trinajstić information content (AvgIpc) is 2.45. The SMILES string of the molecule is CCNc1cc(NCC2CSCCS2)nc(C(C)(C)C)n1. The van der Waals surface area contributed by atoms with E-state index < -0.39 is 0 Å². The van der Waals surface area contributed by atoms with Gasteiger partial charge in [0.25, 0.3) is 0 Å². The second kappa shape index (κ2) is 7.58. The van der Waals surface area contributed by atoms with Crippen molar-refractivity contribution in [3.63, 3.8) is 0 Å². The van der Waals surface area contributed by atoms with Gasteiger partial charge in [-0.1, -0.05) is 20.8 Å². The maximum atomic E-state index is 4.69. The van der Waals surface area contributed by atoms with Crippen molar-refractivity contribution < 1.29 is 0 Å². The number of thioether (sulfide) groups is 2. The highest BCUT2D eigenvalue weighted by molar-refractivity contribution is 8.06. The van der Waals surface area contributed by atoms with E-state index in [4.69, 9.17) is 4.98 Å². The highest BCUT2D eigenvalue weighted by Crippen LogP contribution is 2.25. The van der Waals surface area contributed by atoms with Gasteiger partial charge < -0.3 is 10.6 Å². The van der Waals surface area contributed by atoms with Crippen molar-refractivity contribution in [3.05, 3.63) is 11.9 Å². The zero-order chi connectivity index (χ0) is 15.3. The summed E-state index contributed by atoms with van der Waals surface area (Å²) in [4.78, 5) is 9.31. The lowest BCUT2D eigenvalue weighted by Crippen LogP contribution is -2.24. The molecule has 2 heterocycles. The molecule has 0 spiro atoms. The van der Waals surface area contributed by atoms with E-state index in [0.717, 1.165) is 30.5 Å². The zero-order valence-electron chi connectivity index (χ0n) is 13.4. The number of anilines is 2. The van der Waals surface area contributed by atoms with Crippen LogP contribution < -0.4 is 10.6 Å². The Bertz CT molecular complexity index is 453. The topological polar surface area (TPSA) is 49.8 Å². The van der Waals surface area contributed by atoms with Gasteiger partial charge in [-0.05, 0) is 6.92 Å². The lowest BCUT2D eigenvalue weighted by atomic mass is 9.96. The summed E-state index contributed by atoms with van der Waals surface area (Å²) in [5.41, 5.74) is -0.0443. The van der Waals surface area contributed by atoms with Gasteiger partial charge in [-0.2, -0.15) is 23.5 Å². The van der Waals surface area contributed by atoms with Crippen molar-refractivity contribution in [3.8, 4) is 0 Å². The third kappa shape index (κ3) is 5.25. The Kier molecular flexibility index (Phi) is 6.05. The van der Waals surface area contributed by atoms with Gasteiger partial charge in [0.15, 0.2) is 0 Å². The average molecular weight is 327 g/mol. The molecule has 2 rings (SSSR count). The van der Waals surface area contributed by atoms with E-state index >= 15 is 0 Å². The molecule has 21 heavy (non-hydrogen) atoms. The minimum absolute atomic E-state index is 0.0443. The van der Waals surface area contributed by atoms with Crippen LogP contribution in [0.2, 0.25) is 0 Å². The number of aromatic nitrogens is 2. The van der Waals surface area contributed by atoms with Crippen molar-refractivity contribution in [1.82, 2.24) is 9.97 Å². The maximum Gasteiger partial charge on any atom is 0.138 e. The van der Waals surface area contributed by atoms with E-state index in [2.05, 4.69) is 66.8 Å². The first-order valence-electron chi connectivity index (χ1n) is 7.55. The first-order chi connectivity index (χ1) is 9.99. The second-order valence-corrected chi connectivity index (χ2v) is 8.75. The third-order valence-electron chi connectivity index (χ3n) is 3.15. The lowest BCUT2D eigenvalue weighted by Gasteiger charge is -2.23. The van der Waals surface area contributed by atoms with Crippen molar-refractivity contribution in [2.75, 3.05) is 41.0 Å². The maximum absolute atomic E-state index is 4.69. The minimum atomic E-state index is -0.0443. The van der Waals surface area contributed by atoms with Gasteiger partial charge in [-0.3, -0.25) is 0 Å². The van der Waals surface area contributed by atoms with Gasteiger partial charge in [-0.25, -0.2) is 9.97 Å². The Labute approximate surface area is 136 Å². The largest absolute Gasteiger partial charge is 0.370 e. The normalized spacial score (nSPS) is 19.3. The molecule has 6 heteroatoms. The number of hydrogen-bond donors (Lipinski definition) is 2. The molecule has 0 saturated carbocycles. The fraction of sp³-hybridized carbons (Fsp3) is 0.733. The van der Waals surface area contributed by atoms with E-state index in [1.165, 1.54) is 17.3 Å². The van der Waals surface area contributed by atoms with Crippen molar-refractivity contribution in [2.24, 2.45) is 0 Å². The Balaban J connectivity index is 2.07. The molecule has 1 aromatic rings. The number of rotatable bonds is 5. The molecule has 1 aromatic heterocycles. The van der Waals surface area contributed by atoms with Crippen LogP contribution in [0.4, 0.5) is 11.6 Å². The fourth-order valence-electron chi connectivity index (χ4n) is 2.02. The molecule has 0 bridgehead atoms. The van der Waals surface area contributed by atoms with Crippen molar-refractivity contribution >= 4 is 35.2 Å². The summed E-state index contributed by atoms with van der Waals surface area (Å²) >= 11 is 4.12. The standard InChI is InChI=1S/C15H26N4S2/c1-5-16-12-8-13(19-14(18-12)15(2,3)4)17-9-11-10-20-6-7-21-11/h8,11H,5-7,9-10H2,1-4H3,(H2,16,17,18,19). The number of nitrogens with one attached hydrogen (secondary N) is 2. The van der Waals surface area contributed by atoms with Gasteiger partial charge in [0.1, 0.15) is 17.5 Å². The highest BCUT2D eigenvalue weighted by atomic mass is 32.2. The van der Waals surface area contributed by atoms with Gasteiger partial charge in [0.2, 0.25) is 0 Å². The monoisotopic (exact) mass is 326 g/mol. The quantitative estimate of drug-likeness (QED) is 0.864. The summed E-state index contributed by atoms with van der Waals surface area (Å²) in [7, 11) is 0. The molecule has 118 valence electrons. The van der Waals surface area contributed by atoms with Gasteiger partial charge in [0, 0.05) is 47.1 Å².